The highest BCUT2D eigenvalue weighted by molar-refractivity contribution is 6.39. The molecule has 0 spiro atoms. The van der Waals surface area contributed by atoms with Crippen molar-refractivity contribution < 1.29 is 63.0 Å². The van der Waals surface area contributed by atoms with E-state index in [2.05, 4.69) is 0 Å². The zero-order valence-electron chi connectivity index (χ0n) is 43.7. The first kappa shape index (κ1) is 57.7. The summed E-state index contributed by atoms with van der Waals surface area (Å²) in [6.07, 6.45) is 11.0. The predicted octanol–water partition coefficient (Wildman–Crippen LogP) is 7.75. The molecule has 1 aliphatic carbocycles. The van der Waals surface area contributed by atoms with Gasteiger partial charge in [0.1, 0.15) is 30.1 Å². The van der Waals surface area contributed by atoms with Gasteiger partial charge in [-0.3, -0.25) is 19.2 Å². The van der Waals surface area contributed by atoms with Gasteiger partial charge in [0.15, 0.2) is 5.78 Å². The Morgan fingerprint density at radius 3 is 2.28 bits per heavy atom. The van der Waals surface area contributed by atoms with Crippen LogP contribution in [0.5, 0.6) is 0 Å². The third-order valence-corrected chi connectivity index (χ3v) is 15.5. The van der Waals surface area contributed by atoms with E-state index >= 15 is 0 Å². The standard InChI is InChI=1S/C57H83NO13/c1-35-18-12-10-13-19-36(2)48(69-34-42-20-14-11-15-21-42)32-44-25-23-41(7)57(66,71-44)54(63)55(64)58-27-17-16-22-45(58)56(65)70-49(38(4)30-43-24-26-46(59)50(31-43)67-8)33-47(60)37(3)29-40(6)52(62)53(68-9)51(61)39(5)28-35/h10-15,18-21,29,35,37-39,41,43-46,48-50,52-53,59,62,66H,16-17,22-28,30-34H2,1-9H3/b13-10+,18-12+,36-19+,40-29+/t35-,37-,38-,39-,41-,43+,44+,45+,46-,48?,49+,50-,52-,53+,57-/m1/s1. The molecule has 3 N–H and O–H groups in total. The Bertz CT molecular complexity index is 2070. The van der Waals surface area contributed by atoms with Gasteiger partial charge in [-0.15, -0.1) is 0 Å². The van der Waals surface area contributed by atoms with Gasteiger partial charge in [0.25, 0.3) is 11.7 Å². The molecular weight excluding hydrogens is 907 g/mol. The smallest absolute Gasteiger partial charge is 0.329 e. The zero-order chi connectivity index (χ0) is 52.0. The molecule has 4 aliphatic rings. The first-order chi connectivity index (χ1) is 33.8. The average Bonchev–Trinajstić information content (AvgIpc) is 3.35. The van der Waals surface area contributed by atoms with Crippen molar-refractivity contribution in [1.82, 2.24) is 4.90 Å². The molecule has 1 amide bonds. The van der Waals surface area contributed by atoms with Gasteiger partial charge >= 0.3 is 5.97 Å². The number of allylic oxidation sites excluding steroid dienone is 6. The number of hydrogen-bond donors (Lipinski definition) is 3. The van der Waals surface area contributed by atoms with Crippen molar-refractivity contribution in [3.05, 3.63) is 83.5 Å². The number of aliphatic hydroxyl groups is 3. The summed E-state index contributed by atoms with van der Waals surface area (Å²) < 4.78 is 30.3. The SMILES string of the molecule is CO[C@@H]1C[C@H](C[C@@H](C)[C@@H]2CC(=O)[C@H](C)/C=C(\C)[C@@H](O)[C@@H](OC)C(=O)[C@H](C)C[C@H](C)/C=C/C=C/C=C(\C)C(OCc3ccccc3)C[C@@H]3CC[C@@H](C)[C@@](O)(O3)C(=O)C(=O)N3CCCC[C@H]3C(=O)O2)CC[C@H]1O. The topological polar surface area (TPSA) is 195 Å². The van der Waals surface area contributed by atoms with Crippen LogP contribution in [0.25, 0.3) is 0 Å². The summed E-state index contributed by atoms with van der Waals surface area (Å²) in [5.74, 6) is -8.10. The summed E-state index contributed by atoms with van der Waals surface area (Å²) in [6.45, 7) is 13.1. The molecule has 1 aromatic carbocycles. The van der Waals surface area contributed by atoms with E-state index in [1.165, 1.54) is 12.0 Å². The fraction of sp³-hybridized carbons (Fsp3) is 0.667. The molecule has 5 rings (SSSR count). The molecule has 15 atom stereocenters. The third kappa shape index (κ3) is 15.7. The van der Waals surface area contributed by atoms with Gasteiger partial charge in [0.2, 0.25) is 5.79 Å². The zero-order valence-corrected chi connectivity index (χ0v) is 43.7. The maximum atomic E-state index is 14.5. The fourth-order valence-electron chi connectivity index (χ4n) is 10.8. The van der Waals surface area contributed by atoms with Crippen LogP contribution in [0.1, 0.15) is 131 Å². The lowest BCUT2D eigenvalue weighted by molar-refractivity contribution is -0.266. The first-order valence-corrected chi connectivity index (χ1v) is 26.1. The van der Waals surface area contributed by atoms with Crippen LogP contribution in [-0.2, 0) is 54.3 Å². The Hall–Kier alpha value is -4.15. The van der Waals surface area contributed by atoms with Gasteiger partial charge in [-0.1, -0.05) is 101 Å². The van der Waals surface area contributed by atoms with Gasteiger partial charge in [-0.2, -0.15) is 0 Å². The molecule has 0 aromatic heterocycles. The largest absolute Gasteiger partial charge is 0.460 e. The van der Waals surface area contributed by atoms with E-state index in [-0.39, 0.29) is 61.2 Å². The quantitative estimate of drug-likeness (QED) is 0.130. The molecule has 394 valence electrons. The van der Waals surface area contributed by atoms with E-state index in [9.17, 15) is 39.3 Å². The van der Waals surface area contributed by atoms with Gasteiger partial charge < -0.3 is 43.9 Å². The fourth-order valence-corrected chi connectivity index (χ4v) is 10.8. The summed E-state index contributed by atoms with van der Waals surface area (Å²) >= 11 is 0. The molecule has 0 radical (unpaired) electrons. The Kier molecular flexibility index (Phi) is 22.1. The van der Waals surface area contributed by atoms with E-state index in [0.29, 0.717) is 63.5 Å². The number of methoxy groups -OCH3 is 2. The lowest BCUT2D eigenvalue weighted by Gasteiger charge is -2.43. The van der Waals surface area contributed by atoms with Gasteiger partial charge in [0, 0.05) is 51.4 Å². The molecular formula is C57H83NO13. The van der Waals surface area contributed by atoms with Crippen LogP contribution in [0.3, 0.4) is 0 Å². The van der Waals surface area contributed by atoms with Crippen LogP contribution >= 0.6 is 0 Å². The van der Waals surface area contributed by atoms with Gasteiger partial charge in [0.05, 0.1) is 31.0 Å². The number of piperidine rings is 1. The number of carbonyl (C=O) groups is 5. The minimum absolute atomic E-state index is 0.00101. The van der Waals surface area contributed by atoms with E-state index in [0.717, 1.165) is 17.6 Å². The Labute approximate surface area is 422 Å². The van der Waals surface area contributed by atoms with Crippen LogP contribution in [0, 0.1) is 35.5 Å². The van der Waals surface area contributed by atoms with E-state index < -0.39 is 83.9 Å². The van der Waals surface area contributed by atoms with Crippen molar-refractivity contribution in [3.63, 3.8) is 0 Å². The number of cyclic esters (lactones) is 1. The summed E-state index contributed by atoms with van der Waals surface area (Å²) in [7, 11) is 2.95. The van der Waals surface area contributed by atoms with Crippen LogP contribution in [0.15, 0.2) is 77.9 Å². The molecule has 2 bridgehead atoms. The maximum absolute atomic E-state index is 14.5. The van der Waals surface area contributed by atoms with Crippen molar-refractivity contribution in [3.8, 4) is 0 Å². The molecule has 3 aliphatic heterocycles. The third-order valence-electron chi connectivity index (χ3n) is 15.5. The molecule has 71 heavy (non-hydrogen) atoms. The number of ketones is 3. The number of fused-ring (bicyclic) bond motifs is 3. The monoisotopic (exact) mass is 990 g/mol. The molecule has 14 heteroatoms. The Morgan fingerprint density at radius 1 is 0.845 bits per heavy atom. The second kappa shape index (κ2) is 27.2. The van der Waals surface area contributed by atoms with Crippen molar-refractivity contribution in [2.24, 2.45) is 35.5 Å². The second-order valence-corrected chi connectivity index (χ2v) is 21.2. The van der Waals surface area contributed by atoms with E-state index in [1.807, 2.05) is 88.4 Å². The number of carbonyl (C=O) groups excluding carboxylic acids is 5. The normalized spacial score (nSPS) is 37.9. The first-order valence-electron chi connectivity index (χ1n) is 26.1. The molecule has 1 aromatic rings. The van der Waals surface area contributed by atoms with Crippen molar-refractivity contribution >= 4 is 29.2 Å². The van der Waals surface area contributed by atoms with E-state index in [4.69, 9.17) is 23.7 Å². The second-order valence-electron chi connectivity index (χ2n) is 21.2. The summed E-state index contributed by atoms with van der Waals surface area (Å²) in [5.41, 5.74) is 2.22. The van der Waals surface area contributed by atoms with Crippen LogP contribution in [-0.4, -0.2) is 125 Å². The number of nitrogens with zero attached hydrogens (tertiary/aromatic N) is 1. The van der Waals surface area contributed by atoms with Gasteiger partial charge in [-0.05, 0) is 113 Å². The molecule has 3 fully saturated rings. The molecule has 3 heterocycles. The Balaban J connectivity index is 1.49. The Morgan fingerprint density at radius 2 is 1.58 bits per heavy atom. The number of ether oxygens (including phenoxy) is 5. The number of hydrogen-bond acceptors (Lipinski definition) is 13. The van der Waals surface area contributed by atoms with E-state index in [1.54, 1.807) is 34.0 Å². The number of aliphatic hydroxyl groups excluding tert-OH is 2. The van der Waals surface area contributed by atoms with Crippen LogP contribution < -0.4 is 0 Å². The lowest BCUT2D eigenvalue weighted by Crippen LogP contribution is -2.61. The minimum Gasteiger partial charge on any atom is -0.460 e. The summed E-state index contributed by atoms with van der Waals surface area (Å²) in [4.78, 5) is 72.6. The maximum Gasteiger partial charge on any atom is 0.329 e. The summed E-state index contributed by atoms with van der Waals surface area (Å²) in [5, 5.41) is 34.2. The number of esters is 1. The number of benzene rings is 1. The molecule has 1 saturated carbocycles. The van der Waals surface area contributed by atoms with Crippen LogP contribution in [0.2, 0.25) is 0 Å². The van der Waals surface area contributed by atoms with Crippen molar-refractivity contribution in [2.45, 2.75) is 187 Å². The highest BCUT2D eigenvalue weighted by Gasteiger charge is 2.53. The highest BCUT2D eigenvalue weighted by atomic mass is 16.6. The average molecular weight is 990 g/mol. The predicted molar refractivity (Wildman–Crippen MR) is 269 cm³/mol. The summed E-state index contributed by atoms with van der Waals surface area (Å²) in [6, 6.07) is 8.58. The molecule has 1 unspecified atom stereocenters. The van der Waals surface area contributed by atoms with Crippen molar-refractivity contribution in [1.29, 1.82) is 0 Å². The molecule has 14 nitrogen and oxygen atoms in total. The highest BCUT2D eigenvalue weighted by Crippen LogP contribution is 2.38. The number of amides is 1. The number of rotatable bonds is 8. The van der Waals surface area contributed by atoms with Gasteiger partial charge in [-0.25, -0.2) is 4.79 Å². The van der Waals surface area contributed by atoms with Crippen molar-refractivity contribution in [2.75, 3.05) is 20.8 Å². The lowest BCUT2D eigenvalue weighted by atomic mass is 9.78. The number of Topliss-reactive ketones (excluding diaryl/α,β-unsaturated/α-hetero) is 3. The molecule has 2 saturated heterocycles. The van der Waals surface area contributed by atoms with Crippen LogP contribution in [0.4, 0.5) is 0 Å². The minimum atomic E-state index is -2.46.